The van der Waals surface area contributed by atoms with Crippen molar-refractivity contribution in [2.24, 2.45) is 5.73 Å². The van der Waals surface area contributed by atoms with Crippen LogP contribution in [0.2, 0.25) is 0 Å². The summed E-state index contributed by atoms with van der Waals surface area (Å²) in [4.78, 5) is 43.3. The first kappa shape index (κ1) is 29.6. The van der Waals surface area contributed by atoms with Crippen molar-refractivity contribution in [3.8, 4) is 0 Å². The molecule has 3 rings (SSSR count). The maximum Gasteiger partial charge on any atom is 0.246 e. The Hall–Kier alpha value is -3.97. The molecule has 0 heterocycles. The molecular weight excluding hydrogens is 488 g/mol. The van der Waals surface area contributed by atoms with Crippen LogP contribution in [0.5, 0.6) is 0 Å². The van der Waals surface area contributed by atoms with Gasteiger partial charge in [-0.3, -0.25) is 14.4 Å². The molecule has 0 aliphatic rings. The summed E-state index contributed by atoms with van der Waals surface area (Å²) in [6, 6.07) is 22.0. The number of nitrogens with one attached hydrogen (secondary N) is 1. The van der Waals surface area contributed by atoms with Gasteiger partial charge in [-0.1, -0.05) is 78.9 Å². The highest BCUT2D eigenvalue weighted by Gasteiger charge is 2.34. The number of hydrogen-bond acceptors (Lipinski definition) is 4. The highest BCUT2D eigenvalue weighted by molar-refractivity contribution is 5.95. The molecule has 7 nitrogen and oxygen atoms in total. The Kier molecular flexibility index (Phi) is 10.0. The molecule has 3 N–H and O–H groups in total. The third-order valence-corrected chi connectivity index (χ3v) is 6.93. The summed E-state index contributed by atoms with van der Waals surface area (Å²) in [5.74, 6) is -0.876. The maximum atomic E-state index is 14.1. The fraction of sp³-hybridized carbons (Fsp3) is 0.344. The van der Waals surface area contributed by atoms with Gasteiger partial charge in [0.15, 0.2) is 0 Å². The second-order valence-corrected chi connectivity index (χ2v) is 10.7. The Balaban J connectivity index is 1.97. The average molecular weight is 529 g/mol. The van der Waals surface area contributed by atoms with E-state index in [1.807, 2.05) is 86.6 Å². The molecule has 3 aromatic carbocycles. The Bertz CT molecular complexity index is 1310. The first-order valence-corrected chi connectivity index (χ1v) is 13.2. The molecule has 0 saturated carbocycles. The van der Waals surface area contributed by atoms with Gasteiger partial charge in [-0.15, -0.1) is 0 Å². The average Bonchev–Trinajstić information content (AvgIpc) is 2.93. The number of nitrogens with two attached hydrogens (primary N) is 1. The van der Waals surface area contributed by atoms with Gasteiger partial charge < -0.3 is 20.9 Å². The number of likely N-dealkylation sites (N-methyl/N-ethyl adjacent to an activating group) is 3. The molecule has 3 aromatic rings. The summed E-state index contributed by atoms with van der Waals surface area (Å²) in [6.45, 7) is 3.78. The lowest BCUT2D eigenvalue weighted by molar-refractivity contribution is -0.146. The first-order valence-electron chi connectivity index (χ1n) is 13.2. The molecule has 0 aliphatic heterocycles. The van der Waals surface area contributed by atoms with Crippen molar-refractivity contribution in [2.45, 2.75) is 50.7 Å². The zero-order chi connectivity index (χ0) is 28.6. The second-order valence-electron chi connectivity index (χ2n) is 10.7. The number of rotatable bonds is 11. The largest absolute Gasteiger partial charge is 0.357 e. The van der Waals surface area contributed by atoms with E-state index < -0.39 is 17.6 Å². The van der Waals surface area contributed by atoms with Gasteiger partial charge in [0, 0.05) is 39.5 Å². The monoisotopic (exact) mass is 528 g/mol. The second kappa shape index (κ2) is 13.2. The predicted octanol–water partition coefficient (Wildman–Crippen LogP) is 3.71. The first-order chi connectivity index (χ1) is 18.5. The van der Waals surface area contributed by atoms with Gasteiger partial charge in [-0.05, 0) is 48.2 Å². The zero-order valence-electron chi connectivity index (χ0n) is 23.6. The molecule has 3 amide bonds. The van der Waals surface area contributed by atoms with Gasteiger partial charge in [0.1, 0.15) is 12.1 Å². The molecule has 0 radical (unpaired) electrons. The minimum atomic E-state index is -0.827. The quantitative estimate of drug-likeness (QED) is 0.371. The van der Waals surface area contributed by atoms with Gasteiger partial charge in [-0.2, -0.15) is 0 Å². The summed E-state index contributed by atoms with van der Waals surface area (Å²) < 4.78 is 0. The lowest BCUT2D eigenvalue weighted by atomic mass is 9.96. The smallest absolute Gasteiger partial charge is 0.246 e. The molecule has 0 fully saturated rings. The summed E-state index contributed by atoms with van der Waals surface area (Å²) in [7, 11) is 4.83. The topological polar surface area (TPSA) is 95.7 Å². The van der Waals surface area contributed by atoms with Gasteiger partial charge in [-0.25, -0.2) is 0 Å². The van der Waals surface area contributed by atoms with E-state index in [1.165, 1.54) is 15.9 Å². The lowest BCUT2D eigenvalue weighted by Gasteiger charge is -2.34. The Morgan fingerprint density at radius 3 is 2.18 bits per heavy atom. The fourth-order valence-corrected chi connectivity index (χ4v) is 4.60. The van der Waals surface area contributed by atoms with Crippen molar-refractivity contribution in [1.82, 2.24) is 15.1 Å². The molecule has 206 valence electrons. The molecular formula is C32H40N4O3. The Morgan fingerprint density at radius 2 is 1.51 bits per heavy atom. The molecule has 39 heavy (non-hydrogen) atoms. The van der Waals surface area contributed by atoms with E-state index in [2.05, 4.69) is 5.32 Å². The minimum Gasteiger partial charge on any atom is -0.357 e. The SMILES string of the molecule is CNC(=O)[C@@H](Cc1ccccc1)N(C)C(=O)[C@@H](Cc1cccc2ccccc12)N(C)C(=O)C=CCC(C)(C)N. The zero-order valence-corrected chi connectivity index (χ0v) is 23.6. The molecule has 0 unspecified atom stereocenters. The number of fused-ring (bicyclic) bond motifs is 1. The number of carbonyl (C=O) groups is 3. The fourth-order valence-electron chi connectivity index (χ4n) is 4.60. The van der Waals surface area contributed by atoms with Crippen LogP contribution >= 0.6 is 0 Å². The maximum absolute atomic E-state index is 14.1. The van der Waals surface area contributed by atoms with Gasteiger partial charge >= 0.3 is 0 Å². The minimum absolute atomic E-state index is 0.266. The van der Waals surface area contributed by atoms with Crippen LogP contribution in [0.15, 0.2) is 84.9 Å². The molecule has 0 bridgehead atoms. The summed E-state index contributed by atoms with van der Waals surface area (Å²) in [6.07, 6.45) is 4.38. The van der Waals surface area contributed by atoms with Crippen LogP contribution in [0.25, 0.3) is 10.8 Å². The van der Waals surface area contributed by atoms with Gasteiger partial charge in [0.25, 0.3) is 0 Å². The van der Waals surface area contributed by atoms with E-state index in [-0.39, 0.29) is 17.7 Å². The Labute approximate surface area is 231 Å². The van der Waals surface area contributed by atoms with E-state index in [1.54, 1.807) is 27.2 Å². The normalized spacial score (nSPS) is 13.2. The van der Waals surface area contributed by atoms with Crippen LogP contribution in [0, 0.1) is 0 Å². The number of benzene rings is 3. The lowest BCUT2D eigenvalue weighted by Crippen LogP contribution is -2.55. The van der Waals surface area contributed by atoms with Gasteiger partial charge in [0.05, 0.1) is 0 Å². The Morgan fingerprint density at radius 1 is 0.872 bits per heavy atom. The highest BCUT2D eigenvalue weighted by Crippen LogP contribution is 2.22. The summed E-state index contributed by atoms with van der Waals surface area (Å²) in [5.41, 5.74) is 7.50. The standard InChI is InChI=1S/C32H40N4O3/c1-32(2,33)20-12-19-29(37)35(4)28(22-25-17-11-16-24-15-9-10-18-26(24)25)31(39)36(5)27(30(38)34-3)21-23-13-7-6-8-14-23/h6-19,27-28H,20-22,33H2,1-5H3,(H,34,38)/t27-,28-/m1/s1. The van der Waals surface area contributed by atoms with Crippen LogP contribution in [0.1, 0.15) is 31.4 Å². The summed E-state index contributed by atoms with van der Waals surface area (Å²) >= 11 is 0. The number of carbonyl (C=O) groups excluding carboxylic acids is 3. The van der Waals surface area contributed by atoms with Crippen molar-refractivity contribution in [2.75, 3.05) is 21.1 Å². The third-order valence-electron chi connectivity index (χ3n) is 6.93. The highest BCUT2D eigenvalue weighted by atomic mass is 16.2. The molecule has 0 aromatic heterocycles. The number of amides is 3. The van der Waals surface area contributed by atoms with E-state index in [4.69, 9.17) is 5.73 Å². The summed E-state index contributed by atoms with van der Waals surface area (Å²) in [5, 5.41) is 4.77. The molecule has 0 spiro atoms. The number of nitrogens with zero attached hydrogens (tertiary/aromatic N) is 2. The molecule has 0 saturated heterocycles. The third kappa shape index (κ3) is 8.01. The van der Waals surface area contributed by atoms with E-state index in [0.29, 0.717) is 19.3 Å². The van der Waals surface area contributed by atoms with Gasteiger partial charge in [0.2, 0.25) is 17.7 Å². The van der Waals surface area contributed by atoms with Crippen molar-refractivity contribution in [1.29, 1.82) is 0 Å². The van der Waals surface area contributed by atoms with Crippen molar-refractivity contribution in [3.63, 3.8) is 0 Å². The van der Waals surface area contributed by atoms with E-state index in [9.17, 15) is 14.4 Å². The van der Waals surface area contributed by atoms with E-state index in [0.717, 1.165) is 21.9 Å². The van der Waals surface area contributed by atoms with Crippen LogP contribution in [-0.4, -0.2) is 66.3 Å². The molecule has 2 atom stereocenters. The van der Waals surface area contributed by atoms with Crippen molar-refractivity contribution < 1.29 is 14.4 Å². The van der Waals surface area contributed by atoms with Crippen LogP contribution < -0.4 is 11.1 Å². The number of hydrogen-bond donors (Lipinski definition) is 2. The van der Waals surface area contributed by atoms with Crippen LogP contribution in [0.3, 0.4) is 0 Å². The molecule has 7 heteroatoms. The van der Waals surface area contributed by atoms with Crippen molar-refractivity contribution >= 4 is 28.5 Å². The molecule has 0 aliphatic carbocycles. The van der Waals surface area contributed by atoms with Crippen molar-refractivity contribution in [3.05, 3.63) is 96.1 Å². The predicted molar refractivity (Wildman–Crippen MR) is 157 cm³/mol. The van der Waals surface area contributed by atoms with Crippen LogP contribution in [0.4, 0.5) is 0 Å². The van der Waals surface area contributed by atoms with Crippen LogP contribution in [-0.2, 0) is 27.2 Å². The van der Waals surface area contributed by atoms with E-state index >= 15 is 0 Å².